The Kier molecular flexibility index (Phi) is 2.94. The van der Waals surface area contributed by atoms with Gasteiger partial charge in [0.2, 0.25) is 5.91 Å². The number of hydrogen-bond donors (Lipinski definition) is 0. The normalized spacial score (nSPS) is 31.5. The summed E-state index contributed by atoms with van der Waals surface area (Å²) in [6.45, 7) is 2.77. The first-order chi connectivity index (χ1) is 7.39. The molecule has 92 valence electrons. The number of halogens is 1. The molecule has 1 saturated heterocycles. The summed E-state index contributed by atoms with van der Waals surface area (Å²) in [4.78, 5) is 13.5. The number of amides is 1. The summed E-state index contributed by atoms with van der Waals surface area (Å²) in [6, 6.07) is 0. The molecule has 1 aliphatic heterocycles. The van der Waals surface area contributed by atoms with E-state index in [0.29, 0.717) is 19.0 Å². The third-order valence-corrected chi connectivity index (χ3v) is 4.85. The van der Waals surface area contributed by atoms with Crippen molar-refractivity contribution in [3.63, 3.8) is 0 Å². The molecule has 2 rings (SSSR count). The maximum absolute atomic E-state index is 12.7. The van der Waals surface area contributed by atoms with Gasteiger partial charge in [0.15, 0.2) is 0 Å². The lowest BCUT2D eigenvalue weighted by atomic mass is 10.1. The summed E-state index contributed by atoms with van der Waals surface area (Å²) >= 11 is 0. The lowest BCUT2D eigenvalue weighted by molar-refractivity contribution is -0.133. The van der Waals surface area contributed by atoms with Crippen molar-refractivity contribution in [1.82, 2.24) is 4.90 Å². The molecule has 1 saturated carbocycles. The van der Waals surface area contributed by atoms with Gasteiger partial charge in [0, 0.05) is 19.0 Å². The summed E-state index contributed by atoms with van der Waals surface area (Å²) in [5, 5.41) is -0.909. The van der Waals surface area contributed by atoms with E-state index < -0.39 is 15.5 Å². The maximum Gasteiger partial charge on any atom is 0.305 e. The highest BCUT2D eigenvalue weighted by Gasteiger charge is 2.42. The molecule has 0 bridgehead atoms. The number of hydrogen-bond acceptors (Lipinski definition) is 3. The zero-order valence-electron chi connectivity index (χ0n) is 9.23. The smallest absolute Gasteiger partial charge is 0.305 e. The van der Waals surface area contributed by atoms with Crippen LogP contribution in [0.5, 0.6) is 0 Å². The minimum atomic E-state index is -4.43. The molecule has 0 spiro atoms. The van der Waals surface area contributed by atoms with Crippen LogP contribution in [0, 0.1) is 11.8 Å². The van der Waals surface area contributed by atoms with Gasteiger partial charge in [-0.3, -0.25) is 4.79 Å². The van der Waals surface area contributed by atoms with Crippen LogP contribution in [0.3, 0.4) is 0 Å². The second-order valence-electron chi connectivity index (χ2n) is 4.82. The lowest BCUT2D eigenvalue weighted by Gasteiger charge is -2.30. The van der Waals surface area contributed by atoms with E-state index in [2.05, 4.69) is 0 Å². The highest BCUT2D eigenvalue weighted by Crippen LogP contribution is 2.39. The number of nitrogens with zero attached hydrogens (tertiary/aromatic N) is 1. The Morgan fingerprint density at radius 1 is 1.31 bits per heavy atom. The molecule has 2 atom stereocenters. The summed E-state index contributed by atoms with van der Waals surface area (Å²) in [5.74, 6) is 0.691. The molecule has 4 nitrogen and oxygen atoms in total. The van der Waals surface area contributed by atoms with Crippen molar-refractivity contribution >= 4 is 16.1 Å². The van der Waals surface area contributed by atoms with Crippen molar-refractivity contribution in [3.05, 3.63) is 0 Å². The van der Waals surface area contributed by atoms with E-state index in [4.69, 9.17) is 0 Å². The summed E-state index contributed by atoms with van der Waals surface area (Å²) in [5.41, 5.74) is 0. The standard InChI is InChI=1S/C10H16FNO3S/c1-7-6-9(7)10(13)12-4-2-8(3-5-12)16(11,14)15/h7-9H,2-6H2,1H3. The molecule has 0 aromatic heterocycles. The fourth-order valence-electron chi connectivity index (χ4n) is 2.26. The van der Waals surface area contributed by atoms with Crippen LogP contribution in [-0.2, 0) is 15.0 Å². The molecule has 16 heavy (non-hydrogen) atoms. The molecule has 0 aromatic carbocycles. The maximum atomic E-state index is 12.7. The third kappa shape index (κ3) is 2.36. The third-order valence-electron chi connectivity index (χ3n) is 3.58. The van der Waals surface area contributed by atoms with Crippen molar-refractivity contribution < 1.29 is 17.1 Å². The molecule has 6 heteroatoms. The Labute approximate surface area is 95.0 Å². The largest absolute Gasteiger partial charge is 0.342 e. The number of carbonyl (C=O) groups is 1. The van der Waals surface area contributed by atoms with Crippen LogP contribution in [0.1, 0.15) is 26.2 Å². The van der Waals surface area contributed by atoms with Crippen molar-refractivity contribution in [2.45, 2.75) is 31.4 Å². The van der Waals surface area contributed by atoms with Crippen LogP contribution in [0.15, 0.2) is 0 Å². The Balaban J connectivity index is 1.88. The number of likely N-dealkylation sites (tertiary alicyclic amines) is 1. The zero-order valence-corrected chi connectivity index (χ0v) is 10.0. The van der Waals surface area contributed by atoms with E-state index in [9.17, 15) is 17.1 Å². The average Bonchev–Trinajstić information content (AvgIpc) is 2.93. The van der Waals surface area contributed by atoms with Gasteiger partial charge in [0.05, 0.1) is 5.25 Å². The minimum Gasteiger partial charge on any atom is -0.342 e. The summed E-state index contributed by atoms with van der Waals surface area (Å²) in [6.07, 6.45) is 1.39. The van der Waals surface area contributed by atoms with Gasteiger partial charge in [-0.25, -0.2) is 0 Å². The lowest BCUT2D eigenvalue weighted by Crippen LogP contribution is -2.42. The van der Waals surface area contributed by atoms with Gasteiger partial charge in [-0.2, -0.15) is 8.42 Å². The predicted octanol–water partition coefficient (Wildman–Crippen LogP) is 0.933. The Bertz CT molecular complexity index is 387. The van der Waals surface area contributed by atoms with Crippen LogP contribution in [-0.4, -0.2) is 37.6 Å². The second-order valence-corrected chi connectivity index (χ2v) is 6.44. The van der Waals surface area contributed by atoms with Crippen LogP contribution in [0.25, 0.3) is 0 Å². The molecular weight excluding hydrogens is 233 g/mol. The van der Waals surface area contributed by atoms with E-state index >= 15 is 0 Å². The highest BCUT2D eigenvalue weighted by molar-refractivity contribution is 7.87. The molecule has 1 aliphatic carbocycles. The molecule has 0 radical (unpaired) electrons. The van der Waals surface area contributed by atoms with Gasteiger partial charge in [-0.15, -0.1) is 3.89 Å². The van der Waals surface area contributed by atoms with E-state index in [-0.39, 0.29) is 24.7 Å². The fourth-order valence-corrected chi connectivity index (χ4v) is 3.03. The molecular formula is C10H16FNO3S. The molecule has 2 aliphatic rings. The van der Waals surface area contributed by atoms with E-state index in [1.807, 2.05) is 6.92 Å². The summed E-state index contributed by atoms with van der Waals surface area (Å²) < 4.78 is 34.1. The van der Waals surface area contributed by atoms with Crippen molar-refractivity contribution in [3.8, 4) is 0 Å². The van der Waals surface area contributed by atoms with Gasteiger partial charge in [0.25, 0.3) is 0 Å². The first kappa shape index (κ1) is 11.8. The Morgan fingerprint density at radius 2 is 1.81 bits per heavy atom. The van der Waals surface area contributed by atoms with Crippen LogP contribution >= 0.6 is 0 Å². The van der Waals surface area contributed by atoms with Gasteiger partial charge >= 0.3 is 10.2 Å². The molecule has 1 heterocycles. The highest BCUT2D eigenvalue weighted by atomic mass is 32.3. The second kappa shape index (κ2) is 3.98. The monoisotopic (exact) mass is 249 g/mol. The van der Waals surface area contributed by atoms with Gasteiger partial charge in [-0.1, -0.05) is 6.92 Å². The molecule has 2 fully saturated rings. The quantitative estimate of drug-likeness (QED) is 0.684. The topological polar surface area (TPSA) is 54.5 Å². The van der Waals surface area contributed by atoms with E-state index in [1.54, 1.807) is 4.90 Å². The van der Waals surface area contributed by atoms with Crippen molar-refractivity contribution in [2.75, 3.05) is 13.1 Å². The van der Waals surface area contributed by atoms with E-state index in [1.165, 1.54) is 0 Å². The minimum absolute atomic E-state index is 0.113. The van der Waals surface area contributed by atoms with Gasteiger partial charge in [-0.05, 0) is 25.2 Å². The first-order valence-electron chi connectivity index (χ1n) is 5.62. The number of carbonyl (C=O) groups excluding carboxylic acids is 1. The SMILES string of the molecule is CC1CC1C(=O)N1CCC(S(=O)(=O)F)CC1. The first-order valence-corrected chi connectivity index (χ1v) is 7.06. The van der Waals surface area contributed by atoms with Gasteiger partial charge < -0.3 is 4.90 Å². The van der Waals surface area contributed by atoms with Crippen molar-refractivity contribution in [1.29, 1.82) is 0 Å². The number of piperidine rings is 1. The fraction of sp³-hybridized carbons (Fsp3) is 0.900. The number of rotatable bonds is 2. The van der Waals surface area contributed by atoms with Crippen LogP contribution < -0.4 is 0 Å². The Morgan fingerprint density at radius 3 is 2.19 bits per heavy atom. The zero-order chi connectivity index (χ0) is 11.9. The average molecular weight is 249 g/mol. The van der Waals surface area contributed by atoms with Crippen LogP contribution in [0.4, 0.5) is 3.89 Å². The molecule has 0 aromatic rings. The van der Waals surface area contributed by atoms with E-state index in [0.717, 1.165) is 6.42 Å². The Hall–Kier alpha value is -0.650. The van der Waals surface area contributed by atoms with Crippen molar-refractivity contribution in [2.24, 2.45) is 11.8 Å². The molecule has 0 N–H and O–H groups in total. The molecule has 1 amide bonds. The molecule has 2 unspecified atom stereocenters. The van der Waals surface area contributed by atoms with Crippen LogP contribution in [0.2, 0.25) is 0 Å². The summed E-state index contributed by atoms with van der Waals surface area (Å²) in [7, 11) is -4.43. The predicted molar refractivity (Wildman–Crippen MR) is 56.9 cm³/mol. The van der Waals surface area contributed by atoms with Gasteiger partial charge in [0.1, 0.15) is 0 Å².